The molecule has 1 aliphatic carbocycles. The molecule has 0 heterocycles. The Hall–Kier alpha value is -4.14. The molecular formula is C26H21F3O6. The summed E-state index contributed by atoms with van der Waals surface area (Å²) in [4.78, 5) is 38.2. The van der Waals surface area contributed by atoms with Crippen molar-refractivity contribution in [3.63, 3.8) is 0 Å². The van der Waals surface area contributed by atoms with E-state index >= 15 is 0 Å². The second kappa shape index (κ2) is 10.0. The van der Waals surface area contributed by atoms with E-state index in [1.807, 2.05) is 0 Å². The molecule has 0 amide bonds. The number of phenols is 2. The number of carbonyl (C=O) groups is 3. The Morgan fingerprint density at radius 3 is 2.29 bits per heavy atom. The summed E-state index contributed by atoms with van der Waals surface area (Å²) < 4.78 is 44.9. The van der Waals surface area contributed by atoms with Crippen LogP contribution < -0.4 is 0 Å². The van der Waals surface area contributed by atoms with Crippen molar-refractivity contribution in [2.45, 2.75) is 32.5 Å². The number of aromatic hydroxyl groups is 2. The number of esters is 1. The topological polar surface area (TPSA) is 101 Å². The van der Waals surface area contributed by atoms with Crippen LogP contribution in [0.5, 0.6) is 11.5 Å². The van der Waals surface area contributed by atoms with Crippen molar-refractivity contribution in [1.29, 1.82) is 0 Å². The number of carbonyl (C=O) groups excluding carboxylic acids is 3. The molecule has 2 N–H and O–H groups in total. The largest absolute Gasteiger partial charge is 0.507 e. The molecule has 3 rings (SSSR count). The van der Waals surface area contributed by atoms with Crippen LogP contribution in [0.25, 0.3) is 6.08 Å². The Kier molecular flexibility index (Phi) is 7.28. The Labute approximate surface area is 198 Å². The molecule has 182 valence electrons. The van der Waals surface area contributed by atoms with Crippen molar-refractivity contribution in [2.24, 2.45) is 0 Å². The van der Waals surface area contributed by atoms with E-state index in [1.165, 1.54) is 18.2 Å². The maximum Gasteiger partial charge on any atom is 0.416 e. The summed E-state index contributed by atoms with van der Waals surface area (Å²) in [5.41, 5.74) is -1.40. The Morgan fingerprint density at radius 1 is 1.03 bits per heavy atom. The predicted octanol–water partition coefficient (Wildman–Crippen LogP) is 5.40. The highest BCUT2D eigenvalue weighted by atomic mass is 19.4. The smallest absolute Gasteiger partial charge is 0.416 e. The normalized spacial score (nSPS) is 14.4. The Morgan fingerprint density at radius 2 is 1.66 bits per heavy atom. The average Bonchev–Trinajstić information content (AvgIpc) is 2.78. The molecule has 0 aliphatic heterocycles. The molecule has 2 aromatic carbocycles. The molecule has 0 saturated heterocycles. The van der Waals surface area contributed by atoms with Gasteiger partial charge in [0.15, 0.2) is 11.6 Å². The summed E-state index contributed by atoms with van der Waals surface area (Å²) in [6.07, 6.45) is -1.60. The van der Waals surface area contributed by atoms with Crippen molar-refractivity contribution in [2.75, 3.05) is 0 Å². The standard InChI is InChI=1S/C26H21F3O6/c1-14(2)7-11-21(16-13-20(32)23-18(30)9-10-19(31)24(23)25(16)34)35-22(33)12-8-15-5-3-4-6-17(15)26(27,28)29/h3-10,12-13,21,30-31H,11H2,1-2H3/b12-8+. The number of ketones is 2. The first-order valence-electron chi connectivity index (χ1n) is 10.4. The molecule has 6 nitrogen and oxygen atoms in total. The first-order chi connectivity index (χ1) is 16.4. The van der Waals surface area contributed by atoms with Gasteiger partial charge in [-0.05, 0) is 49.8 Å². The Balaban J connectivity index is 1.93. The highest BCUT2D eigenvalue weighted by Crippen LogP contribution is 2.36. The molecular weight excluding hydrogens is 465 g/mol. The average molecular weight is 486 g/mol. The van der Waals surface area contributed by atoms with E-state index in [0.29, 0.717) is 0 Å². The van der Waals surface area contributed by atoms with Crippen LogP contribution in [-0.4, -0.2) is 33.9 Å². The van der Waals surface area contributed by atoms with Crippen molar-refractivity contribution < 1.29 is 42.5 Å². The number of ether oxygens (including phenoxy) is 1. The van der Waals surface area contributed by atoms with Gasteiger partial charge in [-0.25, -0.2) is 4.79 Å². The minimum absolute atomic E-state index is 0.0131. The van der Waals surface area contributed by atoms with Crippen LogP contribution in [0, 0.1) is 0 Å². The molecule has 35 heavy (non-hydrogen) atoms. The molecule has 0 radical (unpaired) electrons. The number of benzene rings is 2. The third-order valence-corrected chi connectivity index (χ3v) is 5.19. The summed E-state index contributed by atoms with van der Waals surface area (Å²) in [5.74, 6) is -3.65. The van der Waals surface area contributed by atoms with Crippen LogP contribution in [0.2, 0.25) is 0 Å². The molecule has 1 unspecified atom stereocenters. The van der Waals surface area contributed by atoms with Gasteiger partial charge < -0.3 is 14.9 Å². The van der Waals surface area contributed by atoms with Crippen LogP contribution in [0.1, 0.15) is 52.1 Å². The van der Waals surface area contributed by atoms with E-state index in [1.54, 1.807) is 19.9 Å². The minimum Gasteiger partial charge on any atom is -0.507 e. The quantitative estimate of drug-likeness (QED) is 0.245. The third-order valence-electron chi connectivity index (χ3n) is 5.19. The lowest BCUT2D eigenvalue weighted by atomic mass is 9.85. The first-order valence-corrected chi connectivity index (χ1v) is 10.4. The zero-order chi connectivity index (χ0) is 25.9. The van der Waals surface area contributed by atoms with Crippen LogP contribution in [-0.2, 0) is 15.7 Å². The SMILES string of the molecule is CC(C)=CCC(OC(=O)/C=C/c1ccccc1C(F)(F)F)C1=CC(=O)c2c(O)ccc(O)c2C1=O. The minimum atomic E-state index is -4.63. The van der Waals surface area contributed by atoms with Crippen molar-refractivity contribution in [3.8, 4) is 11.5 Å². The zero-order valence-electron chi connectivity index (χ0n) is 18.7. The third kappa shape index (κ3) is 5.68. The molecule has 0 bridgehead atoms. The van der Waals surface area contributed by atoms with Gasteiger partial charge in [0.25, 0.3) is 0 Å². The number of phenolic OH excluding ortho intramolecular Hbond substituents is 2. The molecule has 0 fully saturated rings. The second-order valence-corrected chi connectivity index (χ2v) is 8.01. The number of hydrogen-bond acceptors (Lipinski definition) is 6. The van der Waals surface area contributed by atoms with Gasteiger partial charge >= 0.3 is 12.1 Å². The molecule has 9 heteroatoms. The highest BCUT2D eigenvalue weighted by Gasteiger charge is 2.36. The maximum absolute atomic E-state index is 13.2. The fraction of sp³-hybridized carbons (Fsp3) is 0.192. The fourth-order valence-corrected chi connectivity index (χ4v) is 3.54. The summed E-state index contributed by atoms with van der Waals surface area (Å²) in [5, 5.41) is 20.1. The highest BCUT2D eigenvalue weighted by molar-refractivity contribution is 6.27. The number of fused-ring (bicyclic) bond motifs is 1. The molecule has 0 spiro atoms. The number of hydrogen-bond donors (Lipinski definition) is 2. The molecule has 0 saturated carbocycles. The van der Waals surface area contributed by atoms with Gasteiger partial charge in [-0.1, -0.05) is 29.8 Å². The van der Waals surface area contributed by atoms with Crippen LogP contribution in [0.15, 0.2) is 65.8 Å². The van der Waals surface area contributed by atoms with Crippen molar-refractivity contribution >= 4 is 23.6 Å². The summed E-state index contributed by atoms with van der Waals surface area (Å²) in [6, 6.07) is 6.79. The summed E-state index contributed by atoms with van der Waals surface area (Å²) in [7, 11) is 0. The van der Waals surface area contributed by atoms with Gasteiger partial charge in [0.1, 0.15) is 17.6 Å². The molecule has 1 aliphatic rings. The van der Waals surface area contributed by atoms with E-state index in [9.17, 15) is 37.8 Å². The number of alkyl halides is 3. The lowest BCUT2D eigenvalue weighted by molar-refractivity contribution is -0.141. The van der Waals surface area contributed by atoms with Gasteiger partial charge in [0.05, 0.1) is 16.7 Å². The lowest BCUT2D eigenvalue weighted by Crippen LogP contribution is -2.28. The van der Waals surface area contributed by atoms with Gasteiger partial charge in [-0.15, -0.1) is 0 Å². The number of halogens is 3. The van der Waals surface area contributed by atoms with Crippen LogP contribution in [0.4, 0.5) is 13.2 Å². The van der Waals surface area contributed by atoms with Gasteiger partial charge in [-0.3, -0.25) is 9.59 Å². The molecule has 1 atom stereocenters. The number of rotatable bonds is 6. The lowest BCUT2D eigenvalue weighted by Gasteiger charge is -2.23. The maximum atomic E-state index is 13.2. The summed E-state index contributed by atoms with van der Waals surface area (Å²) in [6.45, 7) is 3.52. The number of Topliss-reactive ketones (excluding diaryl/α,β-unsaturated/α-hetero) is 1. The fourth-order valence-electron chi connectivity index (χ4n) is 3.54. The van der Waals surface area contributed by atoms with Crippen molar-refractivity contribution in [1.82, 2.24) is 0 Å². The van der Waals surface area contributed by atoms with E-state index in [0.717, 1.165) is 42.0 Å². The molecule has 2 aromatic rings. The number of allylic oxidation sites excluding steroid dienone is 2. The van der Waals surface area contributed by atoms with Gasteiger partial charge in [0.2, 0.25) is 0 Å². The Bertz CT molecular complexity index is 1280. The first kappa shape index (κ1) is 25.5. The monoisotopic (exact) mass is 486 g/mol. The second-order valence-electron chi connectivity index (χ2n) is 8.01. The van der Waals surface area contributed by atoms with Gasteiger partial charge in [0, 0.05) is 18.1 Å². The van der Waals surface area contributed by atoms with Crippen LogP contribution in [0.3, 0.4) is 0 Å². The predicted molar refractivity (Wildman–Crippen MR) is 121 cm³/mol. The van der Waals surface area contributed by atoms with E-state index in [-0.39, 0.29) is 23.1 Å². The zero-order valence-corrected chi connectivity index (χ0v) is 18.7. The van der Waals surface area contributed by atoms with E-state index in [2.05, 4.69) is 0 Å². The van der Waals surface area contributed by atoms with E-state index in [4.69, 9.17) is 4.74 Å². The summed E-state index contributed by atoms with van der Waals surface area (Å²) >= 11 is 0. The van der Waals surface area contributed by atoms with Gasteiger partial charge in [-0.2, -0.15) is 13.2 Å². The van der Waals surface area contributed by atoms with E-state index < -0.39 is 52.4 Å². The van der Waals surface area contributed by atoms with Crippen molar-refractivity contribution in [3.05, 3.63) is 88.0 Å². The van der Waals surface area contributed by atoms with Crippen LogP contribution >= 0.6 is 0 Å². The molecule has 0 aromatic heterocycles.